The Balaban J connectivity index is 2.84. The molecule has 0 atom stereocenters. The molecule has 1 aromatic carbocycles. The molecule has 0 radical (unpaired) electrons. The predicted molar refractivity (Wildman–Crippen MR) is 75.6 cm³/mol. The molecule has 0 saturated carbocycles. The lowest BCUT2D eigenvalue weighted by atomic mass is 10.2. The maximum atomic E-state index is 12.1. The highest BCUT2D eigenvalue weighted by atomic mass is 35.5. The van der Waals surface area contributed by atoms with E-state index in [4.69, 9.17) is 16.7 Å². The molecule has 0 aromatic heterocycles. The summed E-state index contributed by atoms with van der Waals surface area (Å²) in [4.78, 5) is 24.3. The lowest BCUT2D eigenvalue weighted by Gasteiger charge is -2.22. The van der Waals surface area contributed by atoms with E-state index in [9.17, 15) is 9.59 Å². The summed E-state index contributed by atoms with van der Waals surface area (Å²) in [5, 5.41) is 9.29. The van der Waals surface area contributed by atoms with Crippen molar-refractivity contribution < 1.29 is 14.7 Å². The number of carbonyl (C=O) groups is 2. The fourth-order valence-electron chi connectivity index (χ4n) is 1.71. The summed E-state index contributed by atoms with van der Waals surface area (Å²) in [6.07, 6.45) is 2.06. The Morgan fingerprint density at radius 1 is 1.32 bits per heavy atom. The van der Waals surface area contributed by atoms with Crippen LogP contribution in [0.3, 0.4) is 0 Å². The zero-order valence-electron chi connectivity index (χ0n) is 10.9. The maximum Gasteiger partial charge on any atom is 0.305 e. The number of benzene rings is 1. The molecule has 104 valence electrons. The zero-order valence-corrected chi connectivity index (χ0v) is 11.7. The fraction of sp³-hybridized carbons (Fsp3) is 0.429. The molecule has 19 heavy (non-hydrogen) atoms. The van der Waals surface area contributed by atoms with Gasteiger partial charge in [-0.2, -0.15) is 0 Å². The monoisotopic (exact) mass is 283 g/mol. The van der Waals surface area contributed by atoms with Crippen LogP contribution in [0.1, 0.15) is 32.6 Å². The van der Waals surface area contributed by atoms with Crippen molar-refractivity contribution in [1.29, 1.82) is 0 Å². The van der Waals surface area contributed by atoms with Gasteiger partial charge in [-0.1, -0.05) is 31.0 Å². The van der Waals surface area contributed by atoms with Crippen LogP contribution >= 0.6 is 11.6 Å². The van der Waals surface area contributed by atoms with Crippen molar-refractivity contribution in [2.24, 2.45) is 0 Å². The third-order valence-corrected chi connectivity index (χ3v) is 2.95. The van der Waals surface area contributed by atoms with Gasteiger partial charge in [0.1, 0.15) is 0 Å². The van der Waals surface area contributed by atoms with Crippen LogP contribution in [0.2, 0.25) is 5.02 Å². The summed E-state index contributed by atoms with van der Waals surface area (Å²) in [5.41, 5.74) is 0.648. The van der Waals surface area contributed by atoms with Gasteiger partial charge >= 0.3 is 5.97 Å². The van der Waals surface area contributed by atoms with E-state index < -0.39 is 5.97 Å². The van der Waals surface area contributed by atoms with E-state index in [1.54, 1.807) is 24.3 Å². The zero-order chi connectivity index (χ0) is 14.3. The number of halogens is 1. The first kappa shape index (κ1) is 15.5. The Morgan fingerprint density at radius 2 is 2.05 bits per heavy atom. The highest BCUT2D eigenvalue weighted by Gasteiger charge is 2.16. The average molecular weight is 284 g/mol. The third-order valence-electron chi connectivity index (χ3n) is 2.71. The van der Waals surface area contributed by atoms with Gasteiger partial charge < -0.3 is 10.0 Å². The van der Waals surface area contributed by atoms with Crippen molar-refractivity contribution in [3.63, 3.8) is 0 Å². The first-order valence-electron chi connectivity index (χ1n) is 6.32. The minimum absolute atomic E-state index is 0.0645. The Kier molecular flexibility index (Phi) is 6.36. The quantitative estimate of drug-likeness (QED) is 0.835. The third kappa shape index (κ3) is 5.30. The van der Waals surface area contributed by atoms with Gasteiger partial charge in [-0.25, -0.2) is 0 Å². The van der Waals surface area contributed by atoms with Crippen LogP contribution in [0.25, 0.3) is 0 Å². The lowest BCUT2D eigenvalue weighted by molar-refractivity contribution is -0.136. The molecule has 1 N–H and O–H groups in total. The predicted octanol–water partition coefficient (Wildman–Crippen LogP) is 3.34. The van der Waals surface area contributed by atoms with E-state index in [0.717, 1.165) is 12.8 Å². The van der Waals surface area contributed by atoms with Crippen molar-refractivity contribution >= 4 is 29.2 Å². The van der Waals surface area contributed by atoms with Gasteiger partial charge in [-0.15, -0.1) is 0 Å². The van der Waals surface area contributed by atoms with Crippen LogP contribution in [0.5, 0.6) is 0 Å². The standard InChI is InChI=1S/C14H18ClNO3/c1-2-3-7-13(17)16(9-8-14(18)19)12-6-4-5-11(15)10-12/h4-6,10H,2-3,7-9H2,1H3,(H,18,19). The number of carbonyl (C=O) groups excluding carboxylic acids is 1. The summed E-state index contributed by atoms with van der Waals surface area (Å²) >= 11 is 5.91. The second-order valence-corrected chi connectivity index (χ2v) is 4.71. The SMILES string of the molecule is CCCCC(=O)N(CCC(=O)O)c1cccc(Cl)c1. The summed E-state index contributed by atoms with van der Waals surface area (Å²) in [6.45, 7) is 2.17. The summed E-state index contributed by atoms with van der Waals surface area (Å²) in [6, 6.07) is 6.90. The fourth-order valence-corrected chi connectivity index (χ4v) is 1.90. The second-order valence-electron chi connectivity index (χ2n) is 4.27. The number of unbranched alkanes of at least 4 members (excludes halogenated alkanes) is 1. The van der Waals surface area contributed by atoms with Crippen LogP contribution in [0, 0.1) is 0 Å². The van der Waals surface area contributed by atoms with Crippen molar-refractivity contribution in [2.75, 3.05) is 11.4 Å². The highest BCUT2D eigenvalue weighted by molar-refractivity contribution is 6.30. The van der Waals surface area contributed by atoms with E-state index in [0.29, 0.717) is 17.1 Å². The minimum Gasteiger partial charge on any atom is -0.481 e. The molecule has 0 aliphatic carbocycles. The molecule has 0 unspecified atom stereocenters. The number of rotatable bonds is 7. The Morgan fingerprint density at radius 3 is 2.63 bits per heavy atom. The molecule has 0 bridgehead atoms. The van der Waals surface area contributed by atoms with Crippen LogP contribution in [-0.2, 0) is 9.59 Å². The Labute approximate surface area is 118 Å². The van der Waals surface area contributed by atoms with E-state index in [-0.39, 0.29) is 18.9 Å². The molecule has 0 aliphatic heterocycles. The van der Waals surface area contributed by atoms with Crippen LogP contribution in [-0.4, -0.2) is 23.5 Å². The first-order chi connectivity index (χ1) is 9.04. The van der Waals surface area contributed by atoms with Crippen LogP contribution in [0.15, 0.2) is 24.3 Å². The average Bonchev–Trinajstić information content (AvgIpc) is 2.36. The molecule has 0 aliphatic rings. The van der Waals surface area contributed by atoms with Gasteiger partial charge in [0.25, 0.3) is 0 Å². The molecular formula is C14H18ClNO3. The van der Waals surface area contributed by atoms with Crippen molar-refractivity contribution in [1.82, 2.24) is 0 Å². The molecule has 4 nitrogen and oxygen atoms in total. The van der Waals surface area contributed by atoms with Gasteiger partial charge in [0.05, 0.1) is 6.42 Å². The lowest BCUT2D eigenvalue weighted by Crippen LogP contribution is -2.32. The van der Waals surface area contributed by atoms with E-state index in [1.165, 1.54) is 4.90 Å². The van der Waals surface area contributed by atoms with E-state index in [1.807, 2.05) is 6.92 Å². The number of amides is 1. The van der Waals surface area contributed by atoms with Crippen LogP contribution in [0.4, 0.5) is 5.69 Å². The minimum atomic E-state index is -0.921. The first-order valence-corrected chi connectivity index (χ1v) is 6.70. The van der Waals surface area contributed by atoms with Gasteiger partial charge in [-0.05, 0) is 24.6 Å². The molecule has 0 saturated heterocycles. The number of anilines is 1. The van der Waals surface area contributed by atoms with Crippen molar-refractivity contribution in [2.45, 2.75) is 32.6 Å². The van der Waals surface area contributed by atoms with Crippen molar-refractivity contribution in [3.05, 3.63) is 29.3 Å². The Hall–Kier alpha value is -1.55. The van der Waals surface area contributed by atoms with Crippen molar-refractivity contribution in [3.8, 4) is 0 Å². The summed E-state index contributed by atoms with van der Waals surface area (Å²) < 4.78 is 0. The summed E-state index contributed by atoms with van der Waals surface area (Å²) in [5.74, 6) is -0.985. The summed E-state index contributed by atoms with van der Waals surface area (Å²) in [7, 11) is 0. The molecular weight excluding hydrogens is 266 g/mol. The molecule has 5 heteroatoms. The topological polar surface area (TPSA) is 57.6 Å². The number of nitrogens with zero attached hydrogens (tertiary/aromatic N) is 1. The molecule has 1 amide bonds. The number of carboxylic acid groups (broad SMARTS) is 1. The molecule has 0 spiro atoms. The van der Waals surface area contributed by atoms with E-state index in [2.05, 4.69) is 0 Å². The number of hydrogen-bond acceptors (Lipinski definition) is 2. The molecule has 1 rings (SSSR count). The molecule has 0 heterocycles. The smallest absolute Gasteiger partial charge is 0.305 e. The van der Waals surface area contributed by atoms with Gasteiger partial charge in [-0.3, -0.25) is 9.59 Å². The van der Waals surface area contributed by atoms with Gasteiger partial charge in [0.15, 0.2) is 0 Å². The normalized spacial score (nSPS) is 10.2. The highest BCUT2D eigenvalue weighted by Crippen LogP contribution is 2.21. The largest absolute Gasteiger partial charge is 0.481 e. The van der Waals surface area contributed by atoms with Crippen LogP contribution < -0.4 is 4.90 Å². The number of aliphatic carboxylic acids is 1. The van der Waals surface area contributed by atoms with Gasteiger partial charge in [0.2, 0.25) is 5.91 Å². The maximum absolute atomic E-state index is 12.1. The van der Waals surface area contributed by atoms with E-state index >= 15 is 0 Å². The molecule has 1 aromatic rings. The number of carboxylic acids is 1. The Bertz CT molecular complexity index is 448. The second kappa shape index (κ2) is 7.79. The number of hydrogen-bond donors (Lipinski definition) is 1. The van der Waals surface area contributed by atoms with Gasteiger partial charge in [0, 0.05) is 23.7 Å². The molecule has 0 fully saturated rings.